The van der Waals surface area contributed by atoms with Gasteiger partial charge < -0.3 is 16.0 Å². The van der Waals surface area contributed by atoms with Gasteiger partial charge >= 0.3 is 0 Å². The van der Waals surface area contributed by atoms with E-state index in [1.807, 2.05) is 0 Å². The van der Waals surface area contributed by atoms with Gasteiger partial charge in [-0.3, -0.25) is 0 Å². The summed E-state index contributed by atoms with van der Waals surface area (Å²) in [6.45, 7) is 11.8. The molecule has 1 radical (unpaired) electrons. The van der Waals surface area contributed by atoms with Gasteiger partial charge in [-0.25, -0.2) is 0 Å². The number of likely N-dealkylation sites (N-methyl/N-ethyl adjacent to an activating group) is 1. The van der Waals surface area contributed by atoms with E-state index in [0.717, 1.165) is 39.3 Å². The number of hydrogen-bond donors (Lipinski definition) is 3. The zero-order valence-corrected chi connectivity index (χ0v) is 7.45. The number of nitrogens with one attached hydrogen (secondary N) is 3. The quantitative estimate of drug-likeness (QED) is 0.421. The van der Waals surface area contributed by atoms with E-state index >= 15 is 0 Å². The standard InChI is InChI=1S/C8H20N3/c1-3-9-5-7-11-8-6-10-4-2/h9-11H,1,3-8H2,2H3. The molecule has 0 bridgehead atoms. The van der Waals surface area contributed by atoms with Gasteiger partial charge in [-0.05, 0) is 20.0 Å². The molecule has 3 N–H and O–H groups in total. The lowest BCUT2D eigenvalue weighted by molar-refractivity contribution is 0.601. The van der Waals surface area contributed by atoms with Crippen LogP contribution < -0.4 is 16.0 Å². The first-order valence-electron chi connectivity index (χ1n) is 4.33. The third-order valence-electron chi connectivity index (χ3n) is 1.38. The van der Waals surface area contributed by atoms with Crippen LogP contribution in [0.25, 0.3) is 0 Å². The van der Waals surface area contributed by atoms with E-state index in [4.69, 9.17) is 0 Å². The Kier molecular flexibility index (Phi) is 9.77. The second-order valence-electron chi connectivity index (χ2n) is 2.35. The molecule has 3 heteroatoms. The average molecular weight is 158 g/mol. The van der Waals surface area contributed by atoms with Crippen molar-refractivity contribution >= 4 is 0 Å². The van der Waals surface area contributed by atoms with Crippen LogP contribution in [0.4, 0.5) is 0 Å². The first-order valence-corrected chi connectivity index (χ1v) is 4.33. The summed E-state index contributed by atoms with van der Waals surface area (Å²) in [5.74, 6) is 0. The van der Waals surface area contributed by atoms with Crippen LogP contribution in [0.1, 0.15) is 6.92 Å². The molecule has 0 atom stereocenters. The molecule has 0 aromatic rings. The largest absolute Gasteiger partial charge is 0.316 e. The third-order valence-corrected chi connectivity index (χ3v) is 1.38. The maximum Gasteiger partial charge on any atom is 0.00772 e. The smallest absolute Gasteiger partial charge is 0.00772 e. The zero-order valence-electron chi connectivity index (χ0n) is 7.45. The normalized spacial score (nSPS) is 10.4. The average Bonchev–Trinajstić information content (AvgIpc) is 2.03. The van der Waals surface area contributed by atoms with Crippen molar-refractivity contribution in [1.29, 1.82) is 0 Å². The Hall–Kier alpha value is -0.120. The predicted octanol–water partition coefficient (Wildman–Crippen LogP) is -0.391. The highest BCUT2D eigenvalue weighted by Gasteiger charge is 1.84. The Morgan fingerprint density at radius 1 is 0.909 bits per heavy atom. The fraction of sp³-hybridized carbons (Fsp3) is 0.875. The van der Waals surface area contributed by atoms with E-state index in [2.05, 4.69) is 29.8 Å². The molecule has 0 saturated heterocycles. The fourth-order valence-corrected chi connectivity index (χ4v) is 0.780. The molecule has 11 heavy (non-hydrogen) atoms. The molecular weight excluding hydrogens is 138 g/mol. The van der Waals surface area contributed by atoms with Crippen LogP contribution in [0.5, 0.6) is 0 Å². The highest BCUT2D eigenvalue weighted by atomic mass is 15.0. The summed E-state index contributed by atoms with van der Waals surface area (Å²) >= 11 is 0. The third kappa shape index (κ3) is 9.88. The minimum Gasteiger partial charge on any atom is -0.316 e. The van der Waals surface area contributed by atoms with E-state index in [9.17, 15) is 0 Å². The topological polar surface area (TPSA) is 36.1 Å². The van der Waals surface area contributed by atoms with Gasteiger partial charge in [0, 0.05) is 26.2 Å². The molecule has 67 valence electrons. The monoisotopic (exact) mass is 158 g/mol. The van der Waals surface area contributed by atoms with Gasteiger partial charge in [0.2, 0.25) is 0 Å². The van der Waals surface area contributed by atoms with Gasteiger partial charge in [-0.1, -0.05) is 6.92 Å². The lowest BCUT2D eigenvalue weighted by Gasteiger charge is -2.04. The molecule has 3 nitrogen and oxygen atoms in total. The minimum absolute atomic E-state index is 0.814. The van der Waals surface area contributed by atoms with Gasteiger partial charge in [0.1, 0.15) is 0 Å². The van der Waals surface area contributed by atoms with Crippen LogP contribution in [-0.2, 0) is 0 Å². The summed E-state index contributed by atoms with van der Waals surface area (Å²) in [4.78, 5) is 0. The van der Waals surface area contributed by atoms with E-state index in [0.29, 0.717) is 0 Å². The minimum atomic E-state index is 0.814. The molecule has 0 saturated carbocycles. The first-order chi connectivity index (χ1) is 5.41. The Balaban J connectivity index is 2.69. The van der Waals surface area contributed by atoms with Crippen molar-refractivity contribution in [2.75, 3.05) is 39.3 Å². The Bertz CT molecular complexity index is 58.4. The highest BCUT2D eigenvalue weighted by molar-refractivity contribution is 4.53. The molecule has 0 heterocycles. The van der Waals surface area contributed by atoms with Crippen LogP contribution in [-0.4, -0.2) is 39.3 Å². The molecule has 0 rings (SSSR count). The van der Waals surface area contributed by atoms with Crippen LogP contribution in [0, 0.1) is 6.92 Å². The van der Waals surface area contributed by atoms with Crippen molar-refractivity contribution in [2.24, 2.45) is 0 Å². The van der Waals surface area contributed by atoms with Crippen LogP contribution >= 0.6 is 0 Å². The van der Waals surface area contributed by atoms with Crippen molar-refractivity contribution in [3.63, 3.8) is 0 Å². The number of rotatable bonds is 8. The lowest BCUT2D eigenvalue weighted by Crippen LogP contribution is -2.32. The summed E-state index contributed by atoms with van der Waals surface area (Å²) < 4.78 is 0. The first kappa shape index (κ1) is 10.9. The highest BCUT2D eigenvalue weighted by Crippen LogP contribution is 1.60. The SMILES string of the molecule is [CH2]CNCCNCCNCC. The summed E-state index contributed by atoms with van der Waals surface area (Å²) in [6.07, 6.45) is 0. The molecular formula is C8H20N3. The van der Waals surface area contributed by atoms with Gasteiger partial charge in [-0.2, -0.15) is 0 Å². The molecule has 0 aromatic heterocycles. The van der Waals surface area contributed by atoms with Gasteiger partial charge in [0.15, 0.2) is 0 Å². The molecule has 0 aliphatic carbocycles. The van der Waals surface area contributed by atoms with Crippen LogP contribution in [0.15, 0.2) is 0 Å². The van der Waals surface area contributed by atoms with Crippen LogP contribution in [0.2, 0.25) is 0 Å². The van der Waals surface area contributed by atoms with E-state index in [1.54, 1.807) is 0 Å². The van der Waals surface area contributed by atoms with Crippen molar-refractivity contribution in [1.82, 2.24) is 16.0 Å². The summed E-state index contributed by atoms with van der Waals surface area (Å²) in [7, 11) is 0. The van der Waals surface area contributed by atoms with Gasteiger partial charge in [0.05, 0.1) is 0 Å². The second-order valence-corrected chi connectivity index (χ2v) is 2.35. The molecule has 0 unspecified atom stereocenters. The summed E-state index contributed by atoms with van der Waals surface area (Å²) in [6, 6.07) is 0. The maximum absolute atomic E-state index is 3.68. The summed E-state index contributed by atoms with van der Waals surface area (Å²) in [5, 5.41) is 9.69. The number of hydrogen-bond acceptors (Lipinski definition) is 3. The van der Waals surface area contributed by atoms with Crippen molar-refractivity contribution < 1.29 is 0 Å². The Morgan fingerprint density at radius 2 is 1.45 bits per heavy atom. The van der Waals surface area contributed by atoms with E-state index in [1.165, 1.54) is 0 Å². The summed E-state index contributed by atoms with van der Waals surface area (Å²) in [5.41, 5.74) is 0. The molecule has 0 aliphatic heterocycles. The Morgan fingerprint density at radius 3 is 2.00 bits per heavy atom. The fourth-order valence-electron chi connectivity index (χ4n) is 0.780. The maximum atomic E-state index is 3.68. The van der Waals surface area contributed by atoms with Gasteiger partial charge in [0.25, 0.3) is 0 Å². The zero-order chi connectivity index (χ0) is 8.36. The lowest BCUT2D eigenvalue weighted by atomic mass is 10.5. The van der Waals surface area contributed by atoms with Crippen molar-refractivity contribution in [3.8, 4) is 0 Å². The molecule has 0 fully saturated rings. The Labute approximate surface area is 69.9 Å². The van der Waals surface area contributed by atoms with Crippen molar-refractivity contribution in [3.05, 3.63) is 6.92 Å². The molecule has 0 aliphatic rings. The van der Waals surface area contributed by atoms with Crippen LogP contribution in [0.3, 0.4) is 0 Å². The molecule has 0 spiro atoms. The van der Waals surface area contributed by atoms with Gasteiger partial charge in [-0.15, -0.1) is 0 Å². The molecule has 0 amide bonds. The second kappa shape index (κ2) is 9.88. The predicted molar refractivity (Wildman–Crippen MR) is 49.6 cm³/mol. The van der Waals surface area contributed by atoms with E-state index < -0.39 is 0 Å². The van der Waals surface area contributed by atoms with Crippen molar-refractivity contribution in [2.45, 2.75) is 6.92 Å². The molecule has 0 aromatic carbocycles. The van der Waals surface area contributed by atoms with E-state index in [-0.39, 0.29) is 0 Å².